The van der Waals surface area contributed by atoms with E-state index in [2.05, 4.69) is 4.98 Å². The molecule has 0 aliphatic heterocycles. The van der Waals surface area contributed by atoms with Crippen molar-refractivity contribution in [3.05, 3.63) is 23.9 Å². The number of carbonyl (C=O) groups excluding carboxylic acids is 1. The van der Waals surface area contributed by atoms with Crippen LogP contribution in [0.3, 0.4) is 0 Å². The van der Waals surface area contributed by atoms with Crippen molar-refractivity contribution in [3.63, 3.8) is 0 Å². The molecular formula is C13H16N2O3. The van der Waals surface area contributed by atoms with Crippen LogP contribution < -0.4 is 4.74 Å². The van der Waals surface area contributed by atoms with E-state index in [1.54, 1.807) is 32.2 Å². The van der Waals surface area contributed by atoms with Crippen LogP contribution in [-0.2, 0) is 16.0 Å². The highest BCUT2D eigenvalue weighted by molar-refractivity contribution is 5.80. The zero-order valence-corrected chi connectivity index (χ0v) is 10.8. The van der Waals surface area contributed by atoms with Gasteiger partial charge in [-0.25, -0.2) is 4.98 Å². The number of ether oxygens (including phenoxy) is 2. The average molecular weight is 248 g/mol. The van der Waals surface area contributed by atoms with Crippen LogP contribution in [0.4, 0.5) is 0 Å². The van der Waals surface area contributed by atoms with Crippen LogP contribution in [0.5, 0.6) is 5.88 Å². The van der Waals surface area contributed by atoms with Crippen LogP contribution in [-0.4, -0.2) is 24.7 Å². The lowest BCUT2D eigenvalue weighted by molar-refractivity contribution is -0.151. The van der Waals surface area contributed by atoms with Gasteiger partial charge in [-0.15, -0.1) is 0 Å². The number of rotatable bonds is 5. The maximum atomic E-state index is 11.8. The summed E-state index contributed by atoms with van der Waals surface area (Å²) < 4.78 is 10.0. The van der Waals surface area contributed by atoms with E-state index < -0.39 is 11.4 Å². The molecule has 0 N–H and O–H groups in total. The molecule has 0 fully saturated rings. The Morgan fingerprint density at radius 2 is 2.33 bits per heavy atom. The Kier molecular flexibility index (Phi) is 4.67. The molecule has 1 aromatic heterocycles. The number of hydrogen-bond donors (Lipinski definition) is 0. The van der Waals surface area contributed by atoms with E-state index >= 15 is 0 Å². The highest BCUT2D eigenvalue weighted by atomic mass is 16.5. The molecule has 1 rings (SSSR count). The van der Waals surface area contributed by atoms with Crippen molar-refractivity contribution in [2.45, 2.75) is 20.3 Å². The Hall–Kier alpha value is -2.09. The fourth-order valence-electron chi connectivity index (χ4n) is 1.57. The second-order valence-corrected chi connectivity index (χ2v) is 4.01. The fourth-order valence-corrected chi connectivity index (χ4v) is 1.57. The third-order valence-corrected chi connectivity index (χ3v) is 2.56. The van der Waals surface area contributed by atoms with Crippen LogP contribution in [0.15, 0.2) is 18.3 Å². The first kappa shape index (κ1) is 14.0. The fraction of sp³-hybridized carbons (Fsp3) is 0.462. The van der Waals surface area contributed by atoms with Crippen LogP contribution >= 0.6 is 0 Å². The smallest absolute Gasteiger partial charge is 0.326 e. The van der Waals surface area contributed by atoms with Crippen molar-refractivity contribution in [2.75, 3.05) is 13.7 Å². The van der Waals surface area contributed by atoms with E-state index in [1.807, 2.05) is 6.07 Å². The van der Waals surface area contributed by atoms with Crippen molar-refractivity contribution < 1.29 is 14.3 Å². The Bertz CT molecular complexity index is 468. The number of nitriles is 1. The largest absolute Gasteiger partial charge is 0.481 e. The highest BCUT2D eigenvalue weighted by Gasteiger charge is 2.36. The molecule has 1 aromatic rings. The molecule has 0 saturated carbocycles. The Morgan fingerprint density at radius 1 is 1.61 bits per heavy atom. The molecule has 0 radical (unpaired) electrons. The number of methoxy groups -OCH3 is 1. The van der Waals surface area contributed by atoms with Crippen LogP contribution in [0.1, 0.15) is 19.4 Å². The maximum absolute atomic E-state index is 11.8. The minimum absolute atomic E-state index is 0.208. The van der Waals surface area contributed by atoms with Gasteiger partial charge in [0.1, 0.15) is 0 Å². The summed E-state index contributed by atoms with van der Waals surface area (Å²) in [6.45, 7) is 3.51. The van der Waals surface area contributed by atoms with Gasteiger partial charge in [-0.3, -0.25) is 4.79 Å². The summed E-state index contributed by atoms with van der Waals surface area (Å²) >= 11 is 0. The molecule has 0 spiro atoms. The van der Waals surface area contributed by atoms with Crippen molar-refractivity contribution in [2.24, 2.45) is 5.41 Å². The lowest BCUT2D eigenvalue weighted by Crippen LogP contribution is -2.31. The third-order valence-electron chi connectivity index (χ3n) is 2.56. The van der Waals surface area contributed by atoms with E-state index in [1.165, 1.54) is 7.11 Å². The first-order chi connectivity index (χ1) is 8.57. The summed E-state index contributed by atoms with van der Waals surface area (Å²) in [5.74, 6) is -0.110. The SMILES string of the molecule is CCOC(=O)C(C)(C#N)Cc1cccnc1OC. The maximum Gasteiger partial charge on any atom is 0.326 e. The number of hydrogen-bond acceptors (Lipinski definition) is 5. The molecule has 0 saturated heterocycles. The van der Waals surface area contributed by atoms with Crippen molar-refractivity contribution >= 4 is 5.97 Å². The topological polar surface area (TPSA) is 72.2 Å². The number of nitrogens with zero attached hydrogens (tertiary/aromatic N) is 2. The highest BCUT2D eigenvalue weighted by Crippen LogP contribution is 2.27. The summed E-state index contributed by atoms with van der Waals surface area (Å²) in [4.78, 5) is 15.8. The van der Waals surface area contributed by atoms with Gasteiger partial charge in [-0.05, 0) is 19.9 Å². The van der Waals surface area contributed by atoms with Gasteiger partial charge < -0.3 is 9.47 Å². The number of carbonyl (C=O) groups is 1. The Morgan fingerprint density at radius 3 is 2.89 bits per heavy atom. The van der Waals surface area contributed by atoms with E-state index in [0.717, 1.165) is 0 Å². The van der Waals surface area contributed by atoms with Crippen LogP contribution in [0.2, 0.25) is 0 Å². The van der Waals surface area contributed by atoms with E-state index in [0.29, 0.717) is 11.4 Å². The van der Waals surface area contributed by atoms with Crippen LogP contribution in [0, 0.1) is 16.7 Å². The van der Waals surface area contributed by atoms with Gasteiger partial charge in [0.05, 0.1) is 19.8 Å². The first-order valence-corrected chi connectivity index (χ1v) is 5.63. The molecule has 1 heterocycles. The molecule has 96 valence electrons. The second kappa shape index (κ2) is 6.01. The standard InChI is InChI=1S/C13H16N2O3/c1-4-18-12(16)13(2,9-14)8-10-6-5-7-15-11(10)17-3/h5-7H,4,8H2,1-3H3. The molecule has 0 amide bonds. The lowest BCUT2D eigenvalue weighted by Gasteiger charge is -2.20. The summed E-state index contributed by atoms with van der Waals surface area (Å²) in [5, 5.41) is 9.20. The predicted molar refractivity (Wildman–Crippen MR) is 64.8 cm³/mol. The number of pyridine rings is 1. The minimum atomic E-state index is -1.23. The molecule has 5 heteroatoms. The molecule has 5 nitrogen and oxygen atoms in total. The van der Waals surface area contributed by atoms with Crippen LogP contribution in [0.25, 0.3) is 0 Å². The average Bonchev–Trinajstić information content (AvgIpc) is 2.39. The van der Waals surface area contributed by atoms with Gasteiger partial charge in [0.15, 0.2) is 5.41 Å². The third kappa shape index (κ3) is 2.98. The zero-order chi connectivity index (χ0) is 13.6. The predicted octanol–water partition coefficient (Wildman–Crippen LogP) is 1.73. The van der Waals surface area contributed by atoms with Gasteiger partial charge in [0, 0.05) is 18.2 Å². The molecule has 18 heavy (non-hydrogen) atoms. The summed E-state index contributed by atoms with van der Waals surface area (Å²) in [6, 6.07) is 5.52. The van der Waals surface area contributed by atoms with E-state index in [-0.39, 0.29) is 13.0 Å². The van der Waals surface area contributed by atoms with Gasteiger partial charge in [0.2, 0.25) is 5.88 Å². The molecule has 0 aliphatic carbocycles. The molecule has 1 unspecified atom stereocenters. The summed E-state index contributed by atoms with van der Waals surface area (Å²) in [6.07, 6.45) is 1.80. The summed E-state index contributed by atoms with van der Waals surface area (Å²) in [7, 11) is 1.50. The van der Waals surface area contributed by atoms with E-state index in [4.69, 9.17) is 9.47 Å². The quantitative estimate of drug-likeness (QED) is 0.742. The van der Waals surface area contributed by atoms with Crippen molar-refractivity contribution in [1.29, 1.82) is 5.26 Å². The molecule has 1 atom stereocenters. The first-order valence-electron chi connectivity index (χ1n) is 5.63. The minimum Gasteiger partial charge on any atom is -0.481 e. The molecule has 0 bridgehead atoms. The molecule has 0 aliphatic rings. The lowest BCUT2D eigenvalue weighted by atomic mass is 9.85. The monoisotopic (exact) mass is 248 g/mol. The molecule has 0 aromatic carbocycles. The number of esters is 1. The summed E-state index contributed by atoms with van der Waals surface area (Å²) in [5.41, 5.74) is -0.524. The Balaban J connectivity index is 2.99. The second-order valence-electron chi connectivity index (χ2n) is 4.01. The van der Waals surface area contributed by atoms with Gasteiger partial charge >= 0.3 is 5.97 Å². The number of aromatic nitrogens is 1. The van der Waals surface area contributed by atoms with Gasteiger partial charge in [-0.1, -0.05) is 6.07 Å². The Labute approximate surface area is 106 Å². The van der Waals surface area contributed by atoms with Crippen molar-refractivity contribution in [3.8, 4) is 11.9 Å². The van der Waals surface area contributed by atoms with Gasteiger partial charge in [0.25, 0.3) is 0 Å². The van der Waals surface area contributed by atoms with Gasteiger partial charge in [-0.2, -0.15) is 5.26 Å². The zero-order valence-electron chi connectivity index (χ0n) is 10.8. The van der Waals surface area contributed by atoms with Crippen molar-refractivity contribution in [1.82, 2.24) is 4.98 Å². The molecular weight excluding hydrogens is 232 g/mol. The van der Waals surface area contributed by atoms with E-state index in [9.17, 15) is 10.1 Å². The normalized spacial score (nSPS) is 13.2.